The molecule has 0 bridgehead atoms. The minimum atomic E-state index is 0.635. The average molecular weight is 218 g/mol. The van der Waals surface area contributed by atoms with E-state index in [9.17, 15) is 0 Å². The van der Waals surface area contributed by atoms with Gasteiger partial charge in [0.1, 0.15) is 5.75 Å². The van der Waals surface area contributed by atoms with Gasteiger partial charge in [0.15, 0.2) is 0 Å². The molecule has 0 heterocycles. The van der Waals surface area contributed by atoms with Crippen molar-refractivity contribution in [3.63, 3.8) is 0 Å². The summed E-state index contributed by atoms with van der Waals surface area (Å²) in [6, 6.07) is 7.92. The topological polar surface area (TPSA) is 18.5 Å². The highest BCUT2D eigenvalue weighted by molar-refractivity contribution is 5.50. The van der Waals surface area contributed by atoms with Gasteiger partial charge in [0, 0.05) is 0 Å². The molecule has 16 heavy (non-hydrogen) atoms. The monoisotopic (exact) mass is 218 g/mol. The van der Waals surface area contributed by atoms with Crippen molar-refractivity contribution in [1.29, 1.82) is 0 Å². The van der Waals surface area contributed by atoms with E-state index in [0.717, 1.165) is 11.3 Å². The van der Waals surface area contributed by atoms with Crippen LogP contribution in [0.5, 0.6) is 5.75 Å². The van der Waals surface area contributed by atoms with Gasteiger partial charge in [0.25, 0.3) is 0 Å². The molecule has 0 spiro atoms. The van der Waals surface area contributed by atoms with Gasteiger partial charge in [-0.2, -0.15) is 0 Å². The molecule has 0 aliphatic rings. The normalized spacial score (nSPS) is 11.4. The van der Waals surface area contributed by atoms with Gasteiger partial charge in [-0.1, -0.05) is 36.4 Å². The predicted octanol–water partition coefficient (Wildman–Crippen LogP) is 3.30. The fraction of sp³-hybridized carbons (Fsp3) is 0.286. The Morgan fingerprint density at radius 3 is 2.38 bits per heavy atom. The van der Waals surface area contributed by atoms with Crippen molar-refractivity contribution in [2.24, 2.45) is 0 Å². The molecule has 1 rings (SSSR count). The molecular weight excluding hydrogens is 200 g/mol. The fourth-order valence-corrected chi connectivity index (χ4v) is 1.20. The Labute approximate surface area is 97.2 Å². The van der Waals surface area contributed by atoms with E-state index in [1.807, 2.05) is 55.5 Å². The number of hydrogen-bond acceptors (Lipinski definition) is 2. The molecule has 0 fully saturated rings. The second-order valence-electron chi connectivity index (χ2n) is 3.28. The Balaban J connectivity index is 2.32. The van der Waals surface area contributed by atoms with E-state index >= 15 is 0 Å². The van der Waals surface area contributed by atoms with Crippen LogP contribution in [0.25, 0.3) is 6.08 Å². The SMILES string of the molecule is C/C=C/COC/C=C/c1ccc(OC)cc1. The highest BCUT2D eigenvalue weighted by Crippen LogP contribution is 2.12. The molecule has 86 valence electrons. The molecule has 0 radical (unpaired) electrons. The molecule has 1 aromatic rings. The lowest BCUT2D eigenvalue weighted by atomic mass is 10.2. The summed E-state index contributed by atoms with van der Waals surface area (Å²) in [6.07, 6.45) is 8.01. The minimum Gasteiger partial charge on any atom is -0.497 e. The summed E-state index contributed by atoms with van der Waals surface area (Å²) in [5, 5.41) is 0. The number of ether oxygens (including phenoxy) is 2. The maximum atomic E-state index is 5.34. The van der Waals surface area contributed by atoms with Crippen molar-refractivity contribution in [2.45, 2.75) is 6.92 Å². The van der Waals surface area contributed by atoms with E-state index < -0.39 is 0 Å². The molecule has 1 aromatic carbocycles. The van der Waals surface area contributed by atoms with E-state index in [0.29, 0.717) is 13.2 Å². The molecule has 0 aliphatic heterocycles. The first kappa shape index (κ1) is 12.5. The first-order valence-corrected chi connectivity index (χ1v) is 5.36. The third kappa shape index (κ3) is 4.80. The van der Waals surface area contributed by atoms with Crippen molar-refractivity contribution in [3.8, 4) is 5.75 Å². The number of benzene rings is 1. The zero-order valence-electron chi connectivity index (χ0n) is 9.85. The number of allylic oxidation sites excluding steroid dienone is 1. The van der Waals surface area contributed by atoms with Gasteiger partial charge < -0.3 is 9.47 Å². The van der Waals surface area contributed by atoms with Crippen molar-refractivity contribution in [1.82, 2.24) is 0 Å². The summed E-state index contributed by atoms with van der Waals surface area (Å²) >= 11 is 0. The molecule has 0 atom stereocenters. The van der Waals surface area contributed by atoms with Gasteiger partial charge in [-0.15, -0.1) is 0 Å². The predicted molar refractivity (Wildman–Crippen MR) is 67.7 cm³/mol. The average Bonchev–Trinajstić information content (AvgIpc) is 2.34. The molecule has 0 saturated carbocycles. The third-order valence-electron chi connectivity index (χ3n) is 2.09. The maximum Gasteiger partial charge on any atom is 0.118 e. The second kappa shape index (κ2) is 7.71. The molecule has 0 amide bonds. The van der Waals surface area contributed by atoms with E-state index in [1.165, 1.54) is 0 Å². The smallest absolute Gasteiger partial charge is 0.118 e. The van der Waals surface area contributed by atoms with Gasteiger partial charge in [-0.05, 0) is 24.6 Å². The zero-order valence-corrected chi connectivity index (χ0v) is 9.85. The first-order valence-electron chi connectivity index (χ1n) is 5.36. The van der Waals surface area contributed by atoms with Crippen LogP contribution in [-0.4, -0.2) is 20.3 Å². The van der Waals surface area contributed by atoms with Crippen LogP contribution < -0.4 is 4.74 Å². The third-order valence-corrected chi connectivity index (χ3v) is 2.09. The molecular formula is C14H18O2. The van der Waals surface area contributed by atoms with Crippen LogP contribution in [0.1, 0.15) is 12.5 Å². The molecule has 2 heteroatoms. The summed E-state index contributed by atoms with van der Waals surface area (Å²) in [4.78, 5) is 0. The van der Waals surface area contributed by atoms with Crippen LogP contribution >= 0.6 is 0 Å². The van der Waals surface area contributed by atoms with E-state index in [4.69, 9.17) is 9.47 Å². The lowest BCUT2D eigenvalue weighted by molar-refractivity contribution is 0.194. The van der Waals surface area contributed by atoms with E-state index in [2.05, 4.69) is 0 Å². The fourth-order valence-electron chi connectivity index (χ4n) is 1.20. The van der Waals surface area contributed by atoms with Gasteiger partial charge in [0.05, 0.1) is 20.3 Å². The number of hydrogen-bond donors (Lipinski definition) is 0. The van der Waals surface area contributed by atoms with Crippen LogP contribution in [0.2, 0.25) is 0 Å². The maximum absolute atomic E-state index is 5.34. The van der Waals surface area contributed by atoms with Crippen LogP contribution in [0.15, 0.2) is 42.5 Å². The van der Waals surface area contributed by atoms with Gasteiger partial charge >= 0.3 is 0 Å². The van der Waals surface area contributed by atoms with Crippen LogP contribution in [-0.2, 0) is 4.74 Å². The van der Waals surface area contributed by atoms with E-state index in [-0.39, 0.29) is 0 Å². The van der Waals surface area contributed by atoms with Crippen LogP contribution in [0.4, 0.5) is 0 Å². The Hall–Kier alpha value is -1.54. The Kier molecular flexibility index (Phi) is 6.04. The van der Waals surface area contributed by atoms with Crippen LogP contribution in [0.3, 0.4) is 0 Å². The second-order valence-corrected chi connectivity index (χ2v) is 3.28. The van der Waals surface area contributed by atoms with Crippen molar-refractivity contribution < 1.29 is 9.47 Å². The van der Waals surface area contributed by atoms with Gasteiger partial charge in [0.2, 0.25) is 0 Å². The molecule has 0 aromatic heterocycles. The molecule has 0 unspecified atom stereocenters. The van der Waals surface area contributed by atoms with Crippen molar-refractivity contribution in [2.75, 3.05) is 20.3 Å². The van der Waals surface area contributed by atoms with Crippen molar-refractivity contribution >= 4 is 6.08 Å². The van der Waals surface area contributed by atoms with Crippen LogP contribution in [0, 0.1) is 0 Å². The highest BCUT2D eigenvalue weighted by atomic mass is 16.5. The standard InChI is InChI=1S/C14H18O2/c1-3-4-11-16-12-5-6-13-7-9-14(15-2)10-8-13/h3-10H,11-12H2,1-2H3/b4-3+,6-5+. The minimum absolute atomic E-state index is 0.635. The molecule has 0 N–H and O–H groups in total. The van der Waals surface area contributed by atoms with Gasteiger partial charge in [-0.3, -0.25) is 0 Å². The summed E-state index contributed by atoms with van der Waals surface area (Å²) in [6.45, 7) is 3.29. The van der Waals surface area contributed by atoms with Gasteiger partial charge in [-0.25, -0.2) is 0 Å². The quantitative estimate of drug-likeness (QED) is 0.538. The first-order chi connectivity index (χ1) is 7.86. The van der Waals surface area contributed by atoms with Crippen molar-refractivity contribution in [3.05, 3.63) is 48.1 Å². The molecule has 2 nitrogen and oxygen atoms in total. The zero-order chi connectivity index (χ0) is 11.6. The highest BCUT2D eigenvalue weighted by Gasteiger charge is 1.89. The summed E-state index contributed by atoms with van der Waals surface area (Å²) in [7, 11) is 1.67. The number of methoxy groups -OCH3 is 1. The summed E-state index contributed by atoms with van der Waals surface area (Å²) in [5.41, 5.74) is 1.15. The Bertz CT molecular complexity index is 336. The Morgan fingerprint density at radius 2 is 1.75 bits per heavy atom. The van der Waals surface area contributed by atoms with E-state index in [1.54, 1.807) is 7.11 Å². The number of rotatable bonds is 6. The lowest BCUT2D eigenvalue weighted by Gasteiger charge is -1.99. The summed E-state index contributed by atoms with van der Waals surface area (Å²) < 4.78 is 10.4. The summed E-state index contributed by atoms with van der Waals surface area (Å²) in [5.74, 6) is 0.876. The largest absolute Gasteiger partial charge is 0.497 e. The molecule has 0 saturated heterocycles. The molecule has 0 aliphatic carbocycles. The lowest BCUT2D eigenvalue weighted by Crippen LogP contribution is -1.89. The Morgan fingerprint density at radius 1 is 1.06 bits per heavy atom.